The van der Waals surface area contributed by atoms with Crippen LogP contribution in [0.1, 0.15) is 45.1 Å². The van der Waals surface area contributed by atoms with E-state index >= 15 is 0 Å². The van der Waals surface area contributed by atoms with Crippen molar-refractivity contribution in [2.45, 2.75) is 33.8 Å². The molecule has 0 radical (unpaired) electrons. The number of aliphatic hydroxyl groups excluding tert-OH is 1. The Balaban J connectivity index is 2.32. The third-order valence-electron chi connectivity index (χ3n) is 3.63. The van der Waals surface area contributed by atoms with Crippen LogP contribution in [0.3, 0.4) is 0 Å². The average Bonchev–Trinajstić information content (AvgIpc) is 2.51. The number of hydrogen-bond donors (Lipinski definition) is 1. The lowest BCUT2D eigenvalue weighted by Crippen LogP contribution is -2.12. The van der Waals surface area contributed by atoms with Gasteiger partial charge in [-0.25, -0.2) is 4.98 Å². The lowest BCUT2D eigenvalue weighted by atomic mass is 9.93. The summed E-state index contributed by atoms with van der Waals surface area (Å²) in [5, 5.41) is 10.3. The molecule has 4 heteroatoms. The summed E-state index contributed by atoms with van der Waals surface area (Å²) in [5.41, 5.74) is 2.34. The zero-order chi connectivity index (χ0) is 17.0. The van der Waals surface area contributed by atoms with Crippen LogP contribution in [0.15, 0.2) is 36.4 Å². The number of fused-ring (bicyclic) bond motifs is 1. The molecule has 23 heavy (non-hydrogen) atoms. The van der Waals surface area contributed by atoms with Crippen LogP contribution in [0.25, 0.3) is 17.0 Å². The Bertz CT molecular complexity index is 734. The first-order valence-electron chi connectivity index (χ1n) is 7.69. The van der Waals surface area contributed by atoms with Crippen molar-refractivity contribution in [2.24, 2.45) is 5.41 Å². The maximum absolute atomic E-state index is 11.1. The predicted octanol–water partition coefficient (Wildman–Crippen LogP) is 3.89. The smallest absolute Gasteiger partial charge is 0.303 e. The fraction of sp³-hybridized carbons (Fsp3) is 0.368. The minimum atomic E-state index is -0.371. The maximum atomic E-state index is 11.1. The zero-order valence-electron chi connectivity index (χ0n) is 14.0. The summed E-state index contributed by atoms with van der Waals surface area (Å²) in [6.45, 7) is 7.25. The molecule has 0 spiro atoms. The highest BCUT2D eigenvalue weighted by atomic mass is 16.5. The molecule has 1 N–H and O–H groups in total. The van der Waals surface area contributed by atoms with Gasteiger partial charge >= 0.3 is 5.97 Å². The van der Waals surface area contributed by atoms with Crippen LogP contribution >= 0.6 is 0 Å². The summed E-state index contributed by atoms with van der Waals surface area (Å²) >= 11 is 0. The van der Waals surface area contributed by atoms with Crippen molar-refractivity contribution in [2.75, 3.05) is 6.61 Å². The van der Waals surface area contributed by atoms with Gasteiger partial charge in [0.1, 0.15) is 6.10 Å². The molecule has 1 aromatic heterocycles. The average molecular weight is 313 g/mol. The largest absolute Gasteiger partial charge is 0.456 e. The number of aliphatic hydroxyl groups is 1. The summed E-state index contributed by atoms with van der Waals surface area (Å²) in [6.07, 6.45) is 3.60. The summed E-state index contributed by atoms with van der Waals surface area (Å²) in [6, 6.07) is 9.86. The molecule has 1 atom stereocenters. The van der Waals surface area contributed by atoms with Crippen molar-refractivity contribution in [1.29, 1.82) is 0 Å². The van der Waals surface area contributed by atoms with Gasteiger partial charge in [-0.1, -0.05) is 44.2 Å². The third-order valence-corrected chi connectivity index (χ3v) is 3.63. The van der Waals surface area contributed by atoms with Crippen molar-refractivity contribution in [3.63, 3.8) is 0 Å². The fourth-order valence-electron chi connectivity index (χ4n) is 2.16. The Hall–Kier alpha value is -2.20. The van der Waals surface area contributed by atoms with Gasteiger partial charge < -0.3 is 9.84 Å². The SMILES string of the molecule is CC(=O)O[C@H](C)c1ccc2ccc(C=CC(C)(C)CO)cc2n1. The molecule has 0 saturated carbocycles. The highest BCUT2D eigenvalue weighted by Gasteiger charge is 2.12. The molecule has 0 aliphatic heterocycles. The van der Waals surface area contributed by atoms with Gasteiger partial charge in [0.2, 0.25) is 0 Å². The monoisotopic (exact) mass is 313 g/mol. The predicted molar refractivity (Wildman–Crippen MR) is 91.8 cm³/mol. The number of carbonyl (C=O) groups is 1. The second-order valence-electron chi connectivity index (χ2n) is 6.42. The van der Waals surface area contributed by atoms with Crippen LogP contribution in [0.2, 0.25) is 0 Å². The van der Waals surface area contributed by atoms with E-state index in [2.05, 4.69) is 4.98 Å². The molecule has 4 nitrogen and oxygen atoms in total. The molecule has 2 aromatic rings. The first-order chi connectivity index (χ1) is 10.8. The van der Waals surface area contributed by atoms with Crippen LogP contribution in [-0.4, -0.2) is 22.7 Å². The number of carbonyl (C=O) groups excluding carboxylic acids is 1. The standard InChI is InChI=1S/C19H23NO3/c1-13(23-14(2)22)17-8-7-16-6-5-15(11-18(16)20-17)9-10-19(3,4)12-21/h5-11,13,21H,12H2,1-4H3/t13-/m1/s1. The lowest BCUT2D eigenvalue weighted by Gasteiger charge is -2.15. The summed E-state index contributed by atoms with van der Waals surface area (Å²) in [4.78, 5) is 15.7. The van der Waals surface area contributed by atoms with Gasteiger partial charge in [-0.05, 0) is 24.6 Å². The van der Waals surface area contributed by atoms with E-state index in [1.165, 1.54) is 6.92 Å². The lowest BCUT2D eigenvalue weighted by molar-refractivity contribution is -0.145. The van der Waals surface area contributed by atoms with Crippen LogP contribution in [0.4, 0.5) is 0 Å². The quantitative estimate of drug-likeness (QED) is 0.851. The Morgan fingerprint density at radius 2 is 2.04 bits per heavy atom. The van der Waals surface area contributed by atoms with Gasteiger partial charge in [0.15, 0.2) is 0 Å². The minimum Gasteiger partial charge on any atom is -0.456 e. The number of pyridine rings is 1. The van der Waals surface area contributed by atoms with Crippen molar-refractivity contribution >= 4 is 22.9 Å². The Morgan fingerprint density at radius 1 is 1.35 bits per heavy atom. The molecule has 0 aliphatic carbocycles. The van der Waals surface area contributed by atoms with E-state index in [1.807, 2.05) is 63.3 Å². The van der Waals surface area contributed by atoms with Gasteiger partial charge in [-0.3, -0.25) is 4.79 Å². The molecule has 0 amide bonds. The number of esters is 1. The number of aromatic nitrogens is 1. The van der Waals surface area contributed by atoms with E-state index in [1.54, 1.807) is 0 Å². The van der Waals surface area contributed by atoms with E-state index in [4.69, 9.17) is 4.74 Å². The highest BCUT2D eigenvalue weighted by molar-refractivity contribution is 5.81. The summed E-state index contributed by atoms with van der Waals surface area (Å²) < 4.78 is 5.18. The molecule has 0 aliphatic rings. The summed E-state index contributed by atoms with van der Waals surface area (Å²) in [5.74, 6) is -0.317. The molecule has 1 heterocycles. The van der Waals surface area contributed by atoms with Crippen LogP contribution < -0.4 is 0 Å². The van der Waals surface area contributed by atoms with E-state index in [0.29, 0.717) is 0 Å². The molecule has 0 unspecified atom stereocenters. The fourth-order valence-corrected chi connectivity index (χ4v) is 2.16. The Kier molecular flexibility index (Phi) is 5.16. The molecular weight excluding hydrogens is 290 g/mol. The topological polar surface area (TPSA) is 59.4 Å². The third kappa shape index (κ3) is 4.63. The van der Waals surface area contributed by atoms with E-state index in [0.717, 1.165) is 22.2 Å². The molecule has 0 bridgehead atoms. The second-order valence-corrected chi connectivity index (χ2v) is 6.42. The normalized spacial score (nSPS) is 13.4. The molecule has 122 valence electrons. The second kappa shape index (κ2) is 6.92. The van der Waals surface area contributed by atoms with Crippen LogP contribution in [0.5, 0.6) is 0 Å². The minimum absolute atomic E-state index is 0.0966. The van der Waals surface area contributed by atoms with Gasteiger partial charge in [0, 0.05) is 17.7 Å². The number of ether oxygens (including phenoxy) is 1. The summed E-state index contributed by atoms with van der Waals surface area (Å²) in [7, 11) is 0. The van der Waals surface area contributed by atoms with Crippen molar-refractivity contribution in [3.8, 4) is 0 Å². The van der Waals surface area contributed by atoms with Crippen LogP contribution in [0, 0.1) is 5.41 Å². The number of rotatable bonds is 5. The Morgan fingerprint density at radius 3 is 2.70 bits per heavy atom. The molecule has 0 fully saturated rings. The molecule has 1 aromatic carbocycles. The van der Waals surface area contributed by atoms with Crippen molar-refractivity contribution in [1.82, 2.24) is 4.98 Å². The van der Waals surface area contributed by atoms with Gasteiger partial charge in [0.05, 0.1) is 17.8 Å². The van der Waals surface area contributed by atoms with Gasteiger partial charge in [-0.15, -0.1) is 0 Å². The number of benzene rings is 1. The van der Waals surface area contributed by atoms with Gasteiger partial charge in [-0.2, -0.15) is 0 Å². The Labute approximate surface area is 136 Å². The molecular formula is C19H23NO3. The van der Waals surface area contributed by atoms with E-state index < -0.39 is 0 Å². The zero-order valence-corrected chi connectivity index (χ0v) is 14.0. The van der Waals surface area contributed by atoms with Gasteiger partial charge in [0.25, 0.3) is 0 Å². The number of hydrogen-bond acceptors (Lipinski definition) is 4. The van der Waals surface area contributed by atoms with E-state index in [9.17, 15) is 9.90 Å². The first-order valence-corrected chi connectivity index (χ1v) is 7.69. The van der Waals surface area contributed by atoms with Crippen LogP contribution in [-0.2, 0) is 9.53 Å². The molecule has 0 saturated heterocycles. The van der Waals surface area contributed by atoms with Crippen molar-refractivity contribution in [3.05, 3.63) is 47.7 Å². The molecule has 2 rings (SSSR count). The van der Waals surface area contributed by atoms with E-state index in [-0.39, 0.29) is 24.1 Å². The highest BCUT2D eigenvalue weighted by Crippen LogP contribution is 2.22. The number of nitrogens with zero attached hydrogens (tertiary/aromatic N) is 1. The maximum Gasteiger partial charge on any atom is 0.303 e. The first kappa shape index (κ1) is 17.2. The van der Waals surface area contributed by atoms with Crippen molar-refractivity contribution < 1.29 is 14.6 Å².